The van der Waals surface area contributed by atoms with E-state index in [9.17, 15) is 4.39 Å². The van der Waals surface area contributed by atoms with E-state index in [2.05, 4.69) is 20.3 Å². The summed E-state index contributed by atoms with van der Waals surface area (Å²) in [6, 6.07) is 2.91. The number of nitrogens with one attached hydrogen (secondary N) is 1. The van der Waals surface area contributed by atoms with E-state index < -0.39 is 5.82 Å². The van der Waals surface area contributed by atoms with Gasteiger partial charge in [0, 0.05) is 18.6 Å². The summed E-state index contributed by atoms with van der Waals surface area (Å²) >= 11 is 0. The van der Waals surface area contributed by atoms with E-state index in [1.165, 1.54) is 24.5 Å². The van der Waals surface area contributed by atoms with Crippen LogP contribution in [0.2, 0.25) is 0 Å². The monoisotopic (exact) mass is 191 g/mol. The van der Waals surface area contributed by atoms with Crippen LogP contribution in [-0.2, 0) is 0 Å². The predicted octanol–water partition coefficient (Wildman–Crippen LogP) is 1.75. The highest BCUT2D eigenvalue weighted by Gasteiger charge is 2.01. The minimum absolute atomic E-state index is 0.0713. The molecule has 0 aliphatic carbocycles. The Morgan fingerprint density at radius 1 is 1.36 bits per heavy atom. The number of nitrogens with zero attached hydrogens (tertiary/aromatic N) is 3. The minimum Gasteiger partial charge on any atom is -0.322 e. The molecule has 0 spiro atoms. The van der Waals surface area contributed by atoms with Crippen molar-refractivity contribution in [3.63, 3.8) is 0 Å². The maximum absolute atomic E-state index is 13.1. The number of rotatable bonds is 2. The van der Waals surface area contributed by atoms with Gasteiger partial charge >= 0.3 is 0 Å². The van der Waals surface area contributed by atoms with Crippen LogP contribution in [0.3, 0.4) is 0 Å². The van der Waals surface area contributed by atoms with Gasteiger partial charge in [0.05, 0.1) is 13.3 Å². The molecule has 0 radical (unpaired) electrons. The Labute approximate surface area is 81.3 Å². The highest BCUT2D eigenvalue weighted by atomic mass is 19.1. The lowest BCUT2D eigenvalue weighted by Crippen LogP contribution is -1.98. The van der Waals surface area contributed by atoms with Crippen molar-refractivity contribution in [2.45, 2.75) is 0 Å². The predicted molar refractivity (Wildman–Crippen MR) is 49.5 cm³/mol. The molecule has 1 N–H and O–H groups in total. The molecule has 0 aromatic carbocycles. The first-order valence-corrected chi connectivity index (χ1v) is 3.92. The van der Waals surface area contributed by atoms with Crippen LogP contribution in [0.15, 0.2) is 36.9 Å². The molecular weight excluding hydrogens is 183 g/mol. The largest absolute Gasteiger partial charge is 0.322 e. The molecule has 2 aromatic rings. The second-order valence-electron chi connectivity index (χ2n) is 2.49. The van der Waals surface area contributed by atoms with Gasteiger partial charge in [0.15, 0.2) is 5.82 Å². The van der Waals surface area contributed by atoms with Crippen molar-refractivity contribution in [3.8, 4) is 0 Å². The Balaban J connectivity index is 2.26. The van der Waals surface area contributed by atoms with Crippen molar-refractivity contribution >= 4 is 11.6 Å². The van der Waals surface area contributed by atoms with E-state index in [0.29, 0.717) is 0 Å². The molecule has 0 saturated heterocycles. The van der Waals surface area contributed by atoms with E-state index >= 15 is 0 Å². The SMILES string of the molecule is [2H]c1ccnc(Nc2ccncc2F)n1. The molecular formula is C9H7FN4. The zero-order valence-electron chi connectivity index (χ0n) is 8.11. The standard InChI is InChI=1S/C9H7FN4/c10-7-6-11-5-2-8(7)14-9-12-3-1-4-13-9/h1-6H,(H,11,12,13,14)/i3D. The Kier molecular flexibility index (Phi) is 1.99. The highest BCUT2D eigenvalue weighted by Crippen LogP contribution is 2.14. The van der Waals surface area contributed by atoms with Gasteiger partial charge in [0.1, 0.15) is 0 Å². The van der Waals surface area contributed by atoms with Gasteiger partial charge in [0.2, 0.25) is 5.95 Å². The Morgan fingerprint density at radius 2 is 2.29 bits per heavy atom. The number of pyridine rings is 1. The van der Waals surface area contributed by atoms with Gasteiger partial charge in [-0.05, 0) is 12.1 Å². The first-order valence-electron chi connectivity index (χ1n) is 4.42. The maximum atomic E-state index is 13.1. The summed E-state index contributed by atoms with van der Waals surface area (Å²) in [5, 5.41) is 2.66. The first kappa shape index (κ1) is 7.37. The van der Waals surface area contributed by atoms with Crippen LogP contribution in [0.1, 0.15) is 1.37 Å². The number of aromatic nitrogens is 3. The van der Waals surface area contributed by atoms with Gasteiger partial charge in [-0.1, -0.05) is 0 Å². The molecule has 0 atom stereocenters. The molecule has 5 heteroatoms. The van der Waals surface area contributed by atoms with E-state index in [4.69, 9.17) is 1.37 Å². The van der Waals surface area contributed by atoms with Crippen molar-refractivity contribution in [1.82, 2.24) is 15.0 Å². The summed E-state index contributed by atoms with van der Waals surface area (Å²) < 4.78 is 20.4. The number of hydrogen-bond donors (Lipinski definition) is 1. The molecule has 0 unspecified atom stereocenters. The lowest BCUT2D eigenvalue weighted by atomic mass is 10.4. The molecule has 70 valence electrons. The second kappa shape index (κ2) is 3.78. The smallest absolute Gasteiger partial charge is 0.227 e. The highest BCUT2D eigenvalue weighted by molar-refractivity contribution is 5.52. The second-order valence-corrected chi connectivity index (χ2v) is 2.49. The van der Waals surface area contributed by atoms with Crippen molar-refractivity contribution in [2.75, 3.05) is 5.32 Å². The third kappa shape index (κ3) is 1.82. The van der Waals surface area contributed by atoms with Gasteiger partial charge in [-0.2, -0.15) is 0 Å². The average molecular weight is 191 g/mol. The van der Waals surface area contributed by atoms with E-state index in [0.717, 1.165) is 6.20 Å². The van der Waals surface area contributed by atoms with Crippen LogP contribution >= 0.6 is 0 Å². The molecule has 0 aliphatic heterocycles. The summed E-state index contributed by atoms with van der Waals surface area (Å²) in [7, 11) is 0. The van der Waals surface area contributed by atoms with Crippen LogP contribution in [0, 0.1) is 5.82 Å². The summed E-state index contributed by atoms with van der Waals surface area (Å²) in [6.07, 6.45) is 4.04. The zero-order valence-corrected chi connectivity index (χ0v) is 7.11. The van der Waals surface area contributed by atoms with Gasteiger partial charge in [-0.25, -0.2) is 14.4 Å². The van der Waals surface area contributed by atoms with E-state index in [-0.39, 0.29) is 17.8 Å². The number of anilines is 2. The van der Waals surface area contributed by atoms with Crippen LogP contribution in [0.4, 0.5) is 16.0 Å². The fraction of sp³-hybridized carbons (Fsp3) is 0. The van der Waals surface area contributed by atoms with Crippen LogP contribution in [0.25, 0.3) is 0 Å². The topological polar surface area (TPSA) is 50.7 Å². The van der Waals surface area contributed by atoms with E-state index in [1.54, 1.807) is 0 Å². The summed E-state index contributed by atoms with van der Waals surface area (Å²) in [4.78, 5) is 11.2. The molecule has 4 nitrogen and oxygen atoms in total. The molecule has 2 rings (SSSR count). The number of hydrogen-bond acceptors (Lipinski definition) is 4. The maximum Gasteiger partial charge on any atom is 0.227 e. The fourth-order valence-corrected chi connectivity index (χ4v) is 0.926. The quantitative estimate of drug-likeness (QED) is 0.785. The summed E-state index contributed by atoms with van der Waals surface area (Å²) in [5.41, 5.74) is 0.232. The Morgan fingerprint density at radius 3 is 3.07 bits per heavy atom. The van der Waals surface area contributed by atoms with Gasteiger partial charge in [-0.15, -0.1) is 0 Å². The van der Waals surface area contributed by atoms with Crippen LogP contribution < -0.4 is 5.32 Å². The van der Waals surface area contributed by atoms with Crippen LogP contribution in [0.5, 0.6) is 0 Å². The lowest BCUT2D eigenvalue weighted by molar-refractivity contribution is 0.625. The Bertz CT molecular complexity index is 477. The average Bonchev–Trinajstić information content (AvgIpc) is 2.22. The lowest BCUT2D eigenvalue weighted by Gasteiger charge is -2.03. The summed E-state index contributed by atoms with van der Waals surface area (Å²) in [6.45, 7) is 0. The summed E-state index contributed by atoms with van der Waals surface area (Å²) in [5.74, 6) is -0.302. The van der Waals surface area contributed by atoms with Crippen molar-refractivity contribution in [3.05, 3.63) is 42.7 Å². The van der Waals surface area contributed by atoms with Crippen molar-refractivity contribution in [2.24, 2.45) is 0 Å². The number of halogens is 1. The van der Waals surface area contributed by atoms with Crippen molar-refractivity contribution < 1.29 is 5.76 Å². The zero-order chi connectivity index (χ0) is 10.7. The van der Waals surface area contributed by atoms with Gasteiger partial charge < -0.3 is 5.32 Å². The van der Waals surface area contributed by atoms with Crippen molar-refractivity contribution in [1.29, 1.82) is 0 Å². The van der Waals surface area contributed by atoms with Gasteiger partial charge in [-0.3, -0.25) is 4.98 Å². The molecule has 2 heterocycles. The van der Waals surface area contributed by atoms with Gasteiger partial charge in [0.25, 0.3) is 0 Å². The molecule has 2 aromatic heterocycles. The first-order chi connectivity index (χ1) is 7.25. The molecule has 0 saturated carbocycles. The normalized spacial score (nSPS) is 10.8. The molecule has 0 fully saturated rings. The molecule has 0 bridgehead atoms. The Hall–Kier alpha value is -2.04. The molecule has 0 amide bonds. The minimum atomic E-state index is -0.489. The fourth-order valence-electron chi connectivity index (χ4n) is 0.926. The van der Waals surface area contributed by atoms with Crippen LogP contribution in [-0.4, -0.2) is 15.0 Å². The third-order valence-corrected chi connectivity index (χ3v) is 1.54. The molecule has 0 aliphatic rings. The third-order valence-electron chi connectivity index (χ3n) is 1.54. The molecule has 14 heavy (non-hydrogen) atoms. The van der Waals surface area contributed by atoms with E-state index in [1.807, 2.05) is 0 Å².